The van der Waals surface area contributed by atoms with E-state index in [1.165, 1.54) is 11.3 Å². The van der Waals surface area contributed by atoms with E-state index in [0.29, 0.717) is 44.6 Å². The van der Waals surface area contributed by atoms with E-state index >= 15 is 0 Å². The third kappa shape index (κ3) is 4.11. The zero-order chi connectivity index (χ0) is 19.6. The van der Waals surface area contributed by atoms with Crippen molar-refractivity contribution in [3.05, 3.63) is 39.2 Å². The van der Waals surface area contributed by atoms with E-state index in [2.05, 4.69) is 11.4 Å². The smallest absolute Gasteiger partial charge is 0.307 e. The Hall–Kier alpha value is -2.07. The van der Waals surface area contributed by atoms with Gasteiger partial charge in [0.05, 0.1) is 17.4 Å². The highest BCUT2D eigenvalue weighted by atomic mass is 35.5. The molecular weight excluding hydrogens is 407 g/mol. The highest BCUT2D eigenvalue weighted by Crippen LogP contribution is 2.40. The lowest BCUT2D eigenvalue weighted by atomic mass is 9.79. The second-order valence-electron chi connectivity index (χ2n) is 6.41. The second-order valence-corrected chi connectivity index (χ2v) is 8.14. The number of carboxylic acids is 1. The number of carbonyl (C=O) groups is 2. The number of nitriles is 1. The van der Waals surface area contributed by atoms with Crippen LogP contribution in [0, 0.1) is 23.2 Å². The summed E-state index contributed by atoms with van der Waals surface area (Å²) < 4.78 is 0. The van der Waals surface area contributed by atoms with Crippen LogP contribution in [0.3, 0.4) is 0 Å². The SMILES string of the molecule is N#Cc1c(-c2ccc(Cl)cc2Cl)csc1NC(=O)[C@H]1CCCC[C@@H]1C(=O)O. The first-order valence-corrected chi connectivity index (χ1v) is 10.1. The number of benzene rings is 1. The summed E-state index contributed by atoms with van der Waals surface area (Å²) in [7, 11) is 0. The summed E-state index contributed by atoms with van der Waals surface area (Å²) in [5.41, 5.74) is 1.56. The standard InChI is InChI=1S/C19H16Cl2N2O3S/c20-10-5-6-11(16(21)7-10)15-9-27-18(14(15)8-22)23-17(24)12-3-1-2-4-13(12)19(25)26/h5-7,9,12-13H,1-4H2,(H,23,24)(H,25,26)/t12-,13-/m0/s1. The lowest BCUT2D eigenvalue weighted by Gasteiger charge is -2.27. The van der Waals surface area contributed by atoms with Crippen molar-refractivity contribution in [3.63, 3.8) is 0 Å². The van der Waals surface area contributed by atoms with Crippen LogP contribution in [0.4, 0.5) is 5.00 Å². The zero-order valence-corrected chi connectivity index (χ0v) is 16.5. The summed E-state index contributed by atoms with van der Waals surface area (Å²) in [5, 5.41) is 24.8. The molecule has 140 valence electrons. The molecule has 3 rings (SSSR count). The van der Waals surface area contributed by atoms with Crippen molar-refractivity contribution < 1.29 is 14.7 Å². The number of amides is 1. The largest absolute Gasteiger partial charge is 0.481 e. The Morgan fingerprint density at radius 2 is 1.89 bits per heavy atom. The number of carboxylic acid groups (broad SMARTS) is 1. The molecule has 2 N–H and O–H groups in total. The lowest BCUT2D eigenvalue weighted by molar-refractivity contribution is -0.147. The fraction of sp³-hybridized carbons (Fsp3) is 0.316. The summed E-state index contributed by atoms with van der Waals surface area (Å²) in [6, 6.07) is 7.11. The molecule has 0 spiro atoms. The van der Waals surface area contributed by atoms with Crippen LogP contribution >= 0.6 is 34.5 Å². The number of halogens is 2. The molecule has 2 aromatic rings. The van der Waals surface area contributed by atoms with Crippen molar-refractivity contribution in [2.45, 2.75) is 25.7 Å². The van der Waals surface area contributed by atoms with Crippen LogP contribution in [0.1, 0.15) is 31.2 Å². The van der Waals surface area contributed by atoms with Crippen molar-refractivity contribution in [1.82, 2.24) is 0 Å². The molecule has 2 atom stereocenters. The average Bonchev–Trinajstić information content (AvgIpc) is 3.03. The minimum absolute atomic E-state index is 0.306. The van der Waals surface area contributed by atoms with Gasteiger partial charge in [-0.3, -0.25) is 9.59 Å². The third-order valence-electron chi connectivity index (χ3n) is 4.78. The molecule has 0 radical (unpaired) electrons. The van der Waals surface area contributed by atoms with Gasteiger partial charge >= 0.3 is 5.97 Å². The number of nitrogens with one attached hydrogen (secondary N) is 1. The quantitative estimate of drug-likeness (QED) is 0.687. The van der Waals surface area contributed by atoms with Gasteiger partial charge in [0.25, 0.3) is 0 Å². The van der Waals surface area contributed by atoms with Crippen LogP contribution in [0.5, 0.6) is 0 Å². The van der Waals surface area contributed by atoms with Crippen LogP contribution in [0.2, 0.25) is 10.0 Å². The topological polar surface area (TPSA) is 90.2 Å². The molecule has 1 fully saturated rings. The van der Waals surface area contributed by atoms with Gasteiger partial charge in [0.1, 0.15) is 11.1 Å². The van der Waals surface area contributed by atoms with Gasteiger partial charge in [-0.25, -0.2) is 0 Å². The predicted molar refractivity (Wildman–Crippen MR) is 106 cm³/mol. The van der Waals surface area contributed by atoms with Gasteiger partial charge in [-0.15, -0.1) is 11.3 Å². The second kappa shape index (κ2) is 8.30. The number of nitrogens with zero attached hydrogens (tertiary/aromatic N) is 1. The van der Waals surface area contributed by atoms with E-state index in [1.54, 1.807) is 23.6 Å². The molecule has 1 aliphatic rings. The maximum atomic E-state index is 12.7. The molecule has 1 aromatic carbocycles. The van der Waals surface area contributed by atoms with E-state index in [4.69, 9.17) is 23.2 Å². The molecular formula is C19H16Cl2N2O3S. The Morgan fingerprint density at radius 3 is 2.52 bits per heavy atom. The van der Waals surface area contributed by atoms with Crippen molar-refractivity contribution in [3.8, 4) is 17.2 Å². The van der Waals surface area contributed by atoms with E-state index in [-0.39, 0.29) is 5.91 Å². The number of anilines is 1. The lowest BCUT2D eigenvalue weighted by Crippen LogP contribution is -2.36. The molecule has 8 heteroatoms. The fourth-order valence-corrected chi connectivity index (χ4v) is 4.84. The number of hydrogen-bond acceptors (Lipinski definition) is 4. The van der Waals surface area contributed by atoms with Crippen LogP contribution in [0.25, 0.3) is 11.1 Å². The molecule has 0 aliphatic heterocycles. The zero-order valence-electron chi connectivity index (χ0n) is 14.2. The van der Waals surface area contributed by atoms with Crippen LogP contribution in [-0.2, 0) is 9.59 Å². The van der Waals surface area contributed by atoms with Gasteiger partial charge in [-0.1, -0.05) is 42.1 Å². The Bertz CT molecular complexity index is 936. The molecule has 1 heterocycles. The summed E-state index contributed by atoms with van der Waals surface area (Å²) in [6.07, 6.45) is 2.66. The minimum Gasteiger partial charge on any atom is -0.481 e. The van der Waals surface area contributed by atoms with Crippen molar-refractivity contribution in [2.24, 2.45) is 11.8 Å². The summed E-state index contributed by atoms with van der Waals surface area (Å²) in [4.78, 5) is 24.1. The first kappa shape index (κ1) is 19.7. The highest BCUT2D eigenvalue weighted by Gasteiger charge is 2.36. The van der Waals surface area contributed by atoms with Crippen molar-refractivity contribution in [1.29, 1.82) is 5.26 Å². The van der Waals surface area contributed by atoms with Gasteiger partial charge in [-0.2, -0.15) is 5.26 Å². The molecule has 1 aliphatic carbocycles. The normalized spacial score (nSPS) is 19.3. The molecule has 1 aromatic heterocycles. The van der Waals surface area contributed by atoms with Crippen molar-refractivity contribution >= 4 is 51.4 Å². The maximum absolute atomic E-state index is 12.7. The van der Waals surface area contributed by atoms with Crippen LogP contribution < -0.4 is 5.32 Å². The number of thiophene rings is 1. The van der Waals surface area contributed by atoms with E-state index in [9.17, 15) is 20.0 Å². The van der Waals surface area contributed by atoms with E-state index in [1.807, 2.05) is 0 Å². The molecule has 1 amide bonds. The monoisotopic (exact) mass is 422 g/mol. The maximum Gasteiger partial charge on any atom is 0.307 e. The van der Waals surface area contributed by atoms with Gasteiger partial charge in [0.2, 0.25) is 5.91 Å². The Balaban J connectivity index is 1.88. The minimum atomic E-state index is -0.949. The highest BCUT2D eigenvalue weighted by molar-refractivity contribution is 7.15. The Morgan fingerprint density at radius 1 is 1.19 bits per heavy atom. The van der Waals surface area contributed by atoms with Gasteiger partial charge < -0.3 is 10.4 Å². The fourth-order valence-electron chi connectivity index (χ4n) is 3.41. The first-order valence-electron chi connectivity index (χ1n) is 8.43. The van der Waals surface area contributed by atoms with Crippen LogP contribution in [-0.4, -0.2) is 17.0 Å². The van der Waals surface area contributed by atoms with Crippen LogP contribution in [0.15, 0.2) is 23.6 Å². The number of carbonyl (C=O) groups excluding carboxylic acids is 1. The molecule has 5 nitrogen and oxygen atoms in total. The molecule has 0 unspecified atom stereocenters. The molecule has 0 bridgehead atoms. The van der Waals surface area contributed by atoms with E-state index < -0.39 is 17.8 Å². The average molecular weight is 423 g/mol. The Kier molecular flexibility index (Phi) is 6.05. The summed E-state index contributed by atoms with van der Waals surface area (Å²) in [6.45, 7) is 0. The third-order valence-corrected chi connectivity index (χ3v) is 6.22. The summed E-state index contributed by atoms with van der Waals surface area (Å²) in [5.74, 6) is -2.58. The van der Waals surface area contributed by atoms with Gasteiger partial charge in [0.15, 0.2) is 0 Å². The summed E-state index contributed by atoms with van der Waals surface area (Å²) >= 11 is 13.4. The Labute approximate surface area is 170 Å². The van der Waals surface area contributed by atoms with E-state index in [0.717, 1.165) is 12.8 Å². The molecule has 1 saturated carbocycles. The molecule has 0 saturated heterocycles. The van der Waals surface area contributed by atoms with Gasteiger partial charge in [-0.05, 0) is 25.0 Å². The van der Waals surface area contributed by atoms with Crippen molar-refractivity contribution in [2.75, 3.05) is 5.32 Å². The predicted octanol–water partition coefficient (Wildman–Crippen LogP) is 5.42. The first-order chi connectivity index (χ1) is 12.9. The number of hydrogen-bond donors (Lipinski definition) is 2. The number of aliphatic carboxylic acids is 1. The molecule has 27 heavy (non-hydrogen) atoms. The van der Waals surface area contributed by atoms with Gasteiger partial charge in [0, 0.05) is 26.6 Å². The number of rotatable bonds is 4.